The van der Waals surface area contributed by atoms with E-state index >= 15 is 0 Å². The molecule has 0 fully saturated rings. The first-order valence-electron chi connectivity index (χ1n) is 19.3. The minimum atomic E-state index is 0.0912. The Morgan fingerprint density at radius 2 is 0.870 bits per heavy atom. The van der Waals surface area contributed by atoms with Crippen molar-refractivity contribution in [1.29, 1.82) is 0 Å². The van der Waals surface area contributed by atoms with Crippen LogP contribution < -0.4 is 21.3 Å². The Morgan fingerprint density at radius 3 is 1.48 bits per heavy atom. The van der Waals surface area contributed by atoms with E-state index in [-0.39, 0.29) is 6.71 Å². The molecule has 0 N–H and O–H groups in total. The molecule has 1 nitrogen and oxygen atoms in total. The molecular formula is C52H46BN. The van der Waals surface area contributed by atoms with Crippen molar-refractivity contribution in [3.8, 4) is 0 Å². The van der Waals surface area contributed by atoms with Gasteiger partial charge >= 0.3 is 0 Å². The van der Waals surface area contributed by atoms with Crippen LogP contribution in [0.15, 0.2) is 133 Å². The zero-order chi connectivity index (χ0) is 37.4. The number of hydrogen-bond donors (Lipinski definition) is 0. The Morgan fingerprint density at radius 1 is 0.370 bits per heavy atom. The molecule has 0 radical (unpaired) electrons. The van der Waals surface area contributed by atoms with Gasteiger partial charge in [-0.05, 0) is 135 Å². The van der Waals surface area contributed by atoms with Crippen LogP contribution in [0.25, 0.3) is 43.1 Å². The summed E-state index contributed by atoms with van der Waals surface area (Å²) < 4.78 is 0. The van der Waals surface area contributed by atoms with Gasteiger partial charge in [0.2, 0.25) is 6.71 Å². The summed E-state index contributed by atoms with van der Waals surface area (Å²) >= 11 is 0. The third-order valence-corrected chi connectivity index (χ3v) is 11.9. The standard InChI is InChI=1S/C52H46BN/c1-31-24-35(5)51(36(6)25-31)53(52-37(7)26-32(2)27-38(52)8)47-28-33(3)43-21-23-46-48(29-34(4)44-20-22-45(47)49(43)50(44)46)54(41-16-10-9-11-17-41)42-19-18-39-14-12-13-15-40(39)30-42/h9-30H,1-8H3. The van der Waals surface area contributed by atoms with Crippen molar-refractivity contribution in [2.45, 2.75) is 55.4 Å². The van der Waals surface area contributed by atoms with Crippen molar-refractivity contribution >= 4 is 83.3 Å². The number of benzene rings is 9. The van der Waals surface area contributed by atoms with Crippen LogP contribution in [0, 0.1) is 55.4 Å². The van der Waals surface area contributed by atoms with E-state index in [0.29, 0.717) is 0 Å². The fourth-order valence-electron chi connectivity index (χ4n) is 9.85. The molecule has 0 aromatic heterocycles. The summed E-state index contributed by atoms with van der Waals surface area (Å²) in [5, 5.41) is 10.4. The monoisotopic (exact) mass is 695 g/mol. The molecule has 0 spiro atoms. The van der Waals surface area contributed by atoms with Crippen LogP contribution in [-0.2, 0) is 0 Å². The van der Waals surface area contributed by atoms with E-state index in [1.807, 2.05) is 0 Å². The van der Waals surface area contributed by atoms with Crippen molar-refractivity contribution < 1.29 is 0 Å². The average molecular weight is 696 g/mol. The minimum absolute atomic E-state index is 0.0912. The highest BCUT2D eigenvalue weighted by Crippen LogP contribution is 2.45. The fourth-order valence-corrected chi connectivity index (χ4v) is 9.85. The van der Waals surface area contributed by atoms with Gasteiger partial charge < -0.3 is 4.90 Å². The molecule has 0 aliphatic heterocycles. The third kappa shape index (κ3) is 5.39. The molecule has 9 aromatic rings. The number of fused-ring (bicyclic) bond motifs is 1. The predicted octanol–water partition coefficient (Wildman–Crippen LogP) is 12.2. The van der Waals surface area contributed by atoms with Gasteiger partial charge in [-0.3, -0.25) is 0 Å². The molecule has 262 valence electrons. The van der Waals surface area contributed by atoms with Crippen LogP contribution in [0.1, 0.15) is 44.5 Å². The van der Waals surface area contributed by atoms with Gasteiger partial charge in [0, 0.05) is 16.8 Å². The summed E-state index contributed by atoms with van der Waals surface area (Å²) in [6.45, 7) is 18.4. The molecular weight excluding hydrogens is 649 g/mol. The lowest BCUT2D eigenvalue weighted by atomic mass is 9.33. The van der Waals surface area contributed by atoms with Gasteiger partial charge in [0.1, 0.15) is 0 Å². The van der Waals surface area contributed by atoms with Gasteiger partial charge in [-0.25, -0.2) is 0 Å². The van der Waals surface area contributed by atoms with E-state index < -0.39 is 0 Å². The van der Waals surface area contributed by atoms with Crippen molar-refractivity contribution in [3.63, 3.8) is 0 Å². The van der Waals surface area contributed by atoms with Crippen LogP contribution in [0.5, 0.6) is 0 Å². The van der Waals surface area contributed by atoms with Gasteiger partial charge in [-0.2, -0.15) is 0 Å². The second kappa shape index (κ2) is 12.9. The van der Waals surface area contributed by atoms with Crippen molar-refractivity contribution in [2.75, 3.05) is 4.90 Å². The van der Waals surface area contributed by atoms with E-state index in [2.05, 4.69) is 194 Å². The fraction of sp³-hybridized carbons (Fsp3) is 0.154. The second-order valence-electron chi connectivity index (χ2n) is 15.8. The molecule has 0 heterocycles. The molecule has 0 aliphatic carbocycles. The van der Waals surface area contributed by atoms with Crippen molar-refractivity contribution in [1.82, 2.24) is 0 Å². The van der Waals surface area contributed by atoms with E-state index in [1.165, 1.54) is 110 Å². The van der Waals surface area contributed by atoms with Crippen LogP contribution in [0.4, 0.5) is 17.1 Å². The van der Waals surface area contributed by atoms with E-state index in [4.69, 9.17) is 0 Å². The largest absolute Gasteiger partial charge is 0.310 e. The summed E-state index contributed by atoms with van der Waals surface area (Å²) in [5.74, 6) is 0. The lowest BCUT2D eigenvalue weighted by Crippen LogP contribution is -2.56. The van der Waals surface area contributed by atoms with Crippen LogP contribution in [-0.4, -0.2) is 6.71 Å². The number of rotatable bonds is 6. The highest BCUT2D eigenvalue weighted by atomic mass is 15.1. The molecule has 54 heavy (non-hydrogen) atoms. The summed E-state index contributed by atoms with van der Waals surface area (Å²) in [6, 6.07) is 50.3. The SMILES string of the molecule is Cc1cc(C)c(B(c2c(C)cc(C)cc2C)c2cc(C)c3ccc4c(N(c5ccccc5)c5ccc6ccccc6c5)cc(C)c5ccc2c3c54)c(C)c1. The molecule has 0 atom stereocenters. The Kier molecular flexibility index (Phi) is 8.12. The summed E-state index contributed by atoms with van der Waals surface area (Å²) in [4.78, 5) is 2.46. The minimum Gasteiger partial charge on any atom is -0.310 e. The third-order valence-electron chi connectivity index (χ3n) is 11.9. The molecule has 9 rings (SSSR count). The molecule has 0 saturated carbocycles. The number of aryl methyl sites for hydroxylation is 8. The van der Waals surface area contributed by atoms with Gasteiger partial charge in [-0.15, -0.1) is 0 Å². The number of anilines is 3. The molecule has 0 amide bonds. The Labute approximate surface area is 320 Å². The summed E-state index contributed by atoms with van der Waals surface area (Å²) in [7, 11) is 0. The average Bonchev–Trinajstić information content (AvgIpc) is 3.14. The molecule has 2 heteroatoms. The van der Waals surface area contributed by atoms with Crippen molar-refractivity contribution in [2.24, 2.45) is 0 Å². The molecule has 0 bridgehead atoms. The quantitative estimate of drug-likeness (QED) is 0.124. The molecule has 0 saturated heterocycles. The van der Waals surface area contributed by atoms with Crippen molar-refractivity contribution in [3.05, 3.63) is 178 Å². The molecule has 0 unspecified atom stereocenters. The van der Waals surface area contributed by atoms with E-state index in [0.717, 1.165) is 11.4 Å². The van der Waals surface area contributed by atoms with Gasteiger partial charge in [-0.1, -0.05) is 153 Å². The highest BCUT2D eigenvalue weighted by molar-refractivity contribution is 6.98. The topological polar surface area (TPSA) is 3.24 Å². The zero-order valence-corrected chi connectivity index (χ0v) is 32.7. The summed E-state index contributed by atoms with van der Waals surface area (Å²) in [5.41, 5.74) is 18.4. The first kappa shape index (κ1) is 33.9. The Hall–Kier alpha value is -5.86. The maximum atomic E-state index is 2.50. The maximum absolute atomic E-state index is 2.50. The van der Waals surface area contributed by atoms with Gasteiger partial charge in [0.15, 0.2) is 0 Å². The maximum Gasteiger partial charge on any atom is 0.243 e. The number of para-hydroxylation sites is 1. The van der Waals surface area contributed by atoms with Crippen LogP contribution in [0.3, 0.4) is 0 Å². The zero-order valence-electron chi connectivity index (χ0n) is 32.7. The molecule has 9 aromatic carbocycles. The first-order valence-corrected chi connectivity index (χ1v) is 19.3. The number of nitrogens with zero attached hydrogens (tertiary/aromatic N) is 1. The van der Waals surface area contributed by atoms with Crippen LogP contribution in [0.2, 0.25) is 0 Å². The Balaban J connectivity index is 1.39. The highest BCUT2D eigenvalue weighted by Gasteiger charge is 2.31. The van der Waals surface area contributed by atoms with E-state index in [1.54, 1.807) is 0 Å². The Bertz CT molecular complexity index is 2810. The smallest absolute Gasteiger partial charge is 0.243 e. The van der Waals surface area contributed by atoms with Gasteiger partial charge in [0.05, 0.1) is 5.69 Å². The number of hydrogen-bond acceptors (Lipinski definition) is 1. The first-order chi connectivity index (χ1) is 26.1. The van der Waals surface area contributed by atoms with Gasteiger partial charge in [0.25, 0.3) is 0 Å². The van der Waals surface area contributed by atoms with E-state index in [9.17, 15) is 0 Å². The predicted molar refractivity (Wildman–Crippen MR) is 238 cm³/mol. The van der Waals surface area contributed by atoms with Crippen LogP contribution >= 0.6 is 0 Å². The lowest BCUT2D eigenvalue weighted by molar-refractivity contribution is 1.30. The summed E-state index contributed by atoms with van der Waals surface area (Å²) in [6.07, 6.45) is 0. The molecule has 0 aliphatic rings. The lowest BCUT2D eigenvalue weighted by Gasteiger charge is -2.30. The normalized spacial score (nSPS) is 11.7. The second-order valence-corrected chi connectivity index (χ2v) is 15.8.